The zero-order valence-electron chi connectivity index (χ0n) is 21.1. The van der Waals surface area contributed by atoms with E-state index in [9.17, 15) is 14.9 Å². The molecule has 2 heterocycles. The number of allylic oxidation sites excluding steroid dienone is 3. The van der Waals surface area contributed by atoms with E-state index in [1.165, 1.54) is 12.3 Å². The number of carbonyl (C=O) groups is 1. The van der Waals surface area contributed by atoms with E-state index in [0.717, 1.165) is 0 Å². The molecule has 0 radical (unpaired) electrons. The average molecular weight is 507 g/mol. The van der Waals surface area contributed by atoms with Crippen LogP contribution in [0, 0.1) is 11.3 Å². The van der Waals surface area contributed by atoms with Gasteiger partial charge in [0, 0.05) is 25.4 Å². The molecule has 2 aromatic heterocycles. The SMILES string of the molecule is CN/C(=C\C=C/C=O)c1cccc2nc(C(C)Nc3nc(NC)ncc3C#N)n(-c3ccccc3)c(=O)c12. The lowest BCUT2D eigenvalue weighted by Crippen LogP contribution is -2.28. The van der Waals surface area contributed by atoms with E-state index in [1.807, 2.05) is 49.4 Å². The van der Waals surface area contributed by atoms with Crippen LogP contribution < -0.4 is 21.5 Å². The molecule has 0 aliphatic carbocycles. The van der Waals surface area contributed by atoms with Crippen molar-refractivity contribution >= 4 is 34.7 Å². The second-order valence-corrected chi connectivity index (χ2v) is 8.18. The van der Waals surface area contributed by atoms with Gasteiger partial charge in [-0.25, -0.2) is 9.97 Å². The molecule has 0 bridgehead atoms. The molecule has 0 saturated heterocycles. The minimum absolute atomic E-state index is 0.264. The second-order valence-electron chi connectivity index (χ2n) is 8.18. The van der Waals surface area contributed by atoms with Crippen LogP contribution in [0.3, 0.4) is 0 Å². The monoisotopic (exact) mass is 506 g/mol. The summed E-state index contributed by atoms with van der Waals surface area (Å²) in [7, 11) is 3.43. The number of nitrogens with one attached hydrogen (secondary N) is 3. The molecule has 10 heteroatoms. The molecular formula is C28H26N8O2. The standard InChI is InChI=1S/C28H26N8O2/c1-18(33-25-19(16-29)17-32-28(31-3)35-25)26-34-23-14-9-12-21(22(30-2)13-7-8-15-37)24(23)27(38)36(26)20-10-5-4-6-11-20/h4-15,17-18,30H,1-3H3,(H2,31,32,33,35)/b8-7-,22-13-. The van der Waals surface area contributed by atoms with Crippen molar-refractivity contribution in [3.05, 3.63) is 100 Å². The number of aromatic nitrogens is 4. The van der Waals surface area contributed by atoms with Crippen molar-refractivity contribution in [3.63, 3.8) is 0 Å². The Balaban J connectivity index is 1.96. The molecule has 1 unspecified atom stereocenters. The van der Waals surface area contributed by atoms with Crippen LogP contribution in [0.25, 0.3) is 22.3 Å². The van der Waals surface area contributed by atoms with Gasteiger partial charge in [-0.2, -0.15) is 10.2 Å². The maximum absolute atomic E-state index is 14.2. The number of hydrogen-bond donors (Lipinski definition) is 3. The summed E-state index contributed by atoms with van der Waals surface area (Å²) in [4.78, 5) is 38.3. The van der Waals surface area contributed by atoms with E-state index in [-0.39, 0.29) is 11.1 Å². The molecule has 0 amide bonds. The molecule has 0 saturated carbocycles. The third kappa shape index (κ3) is 5.12. The minimum atomic E-state index is -0.516. The summed E-state index contributed by atoms with van der Waals surface area (Å²) in [5, 5.41) is 19.2. The van der Waals surface area contributed by atoms with Gasteiger partial charge >= 0.3 is 0 Å². The Morgan fingerprint density at radius 1 is 1.08 bits per heavy atom. The van der Waals surface area contributed by atoms with Gasteiger partial charge in [-0.05, 0) is 37.3 Å². The fourth-order valence-electron chi connectivity index (χ4n) is 4.06. The number of nitrogens with zero attached hydrogens (tertiary/aromatic N) is 5. The number of carbonyl (C=O) groups excluding carboxylic acids is 1. The van der Waals surface area contributed by atoms with Gasteiger partial charge in [0.05, 0.1) is 28.8 Å². The first kappa shape index (κ1) is 25.8. The normalized spacial score (nSPS) is 12.2. The molecule has 38 heavy (non-hydrogen) atoms. The number of para-hydroxylation sites is 1. The van der Waals surface area contributed by atoms with Crippen molar-refractivity contribution in [3.8, 4) is 11.8 Å². The van der Waals surface area contributed by atoms with Gasteiger partial charge in [0.1, 0.15) is 29.6 Å². The summed E-state index contributed by atoms with van der Waals surface area (Å²) in [6, 6.07) is 16.2. The topological polar surface area (TPSA) is 138 Å². The molecule has 0 aliphatic heterocycles. The Hall–Kier alpha value is -5.30. The van der Waals surface area contributed by atoms with Gasteiger partial charge in [0.2, 0.25) is 5.95 Å². The van der Waals surface area contributed by atoms with Crippen molar-refractivity contribution in [2.24, 2.45) is 0 Å². The highest BCUT2D eigenvalue weighted by Gasteiger charge is 2.21. The molecular weight excluding hydrogens is 480 g/mol. The minimum Gasteiger partial charge on any atom is -0.388 e. The van der Waals surface area contributed by atoms with Crippen molar-refractivity contribution in [2.45, 2.75) is 13.0 Å². The Morgan fingerprint density at radius 3 is 2.55 bits per heavy atom. The van der Waals surface area contributed by atoms with Crippen LogP contribution in [0.1, 0.15) is 29.9 Å². The van der Waals surface area contributed by atoms with E-state index in [1.54, 1.807) is 36.9 Å². The highest BCUT2D eigenvalue weighted by molar-refractivity contribution is 5.91. The number of hydrogen-bond acceptors (Lipinski definition) is 9. The lowest BCUT2D eigenvalue weighted by atomic mass is 10.0. The van der Waals surface area contributed by atoms with Crippen molar-refractivity contribution < 1.29 is 4.79 Å². The van der Waals surface area contributed by atoms with E-state index in [2.05, 4.69) is 32.0 Å². The van der Waals surface area contributed by atoms with Gasteiger partial charge < -0.3 is 16.0 Å². The second kappa shape index (κ2) is 11.6. The molecule has 0 aliphatic rings. The van der Waals surface area contributed by atoms with E-state index >= 15 is 0 Å². The molecule has 10 nitrogen and oxygen atoms in total. The van der Waals surface area contributed by atoms with Crippen molar-refractivity contribution in [1.29, 1.82) is 5.26 Å². The number of rotatable bonds is 9. The number of fused-ring (bicyclic) bond motifs is 1. The van der Waals surface area contributed by atoms with Crippen LogP contribution in [0.5, 0.6) is 0 Å². The van der Waals surface area contributed by atoms with Gasteiger partial charge in [0.15, 0.2) is 0 Å². The Morgan fingerprint density at radius 2 is 1.87 bits per heavy atom. The lowest BCUT2D eigenvalue weighted by Gasteiger charge is -2.21. The quantitative estimate of drug-likeness (QED) is 0.177. The van der Waals surface area contributed by atoms with Gasteiger partial charge in [-0.15, -0.1) is 0 Å². The maximum atomic E-state index is 14.2. The fraction of sp³-hybridized carbons (Fsp3) is 0.143. The smallest absolute Gasteiger partial charge is 0.266 e. The molecule has 2 aromatic carbocycles. The third-order valence-corrected chi connectivity index (χ3v) is 5.82. The van der Waals surface area contributed by atoms with Crippen LogP contribution in [-0.2, 0) is 4.79 Å². The summed E-state index contributed by atoms with van der Waals surface area (Å²) in [6.45, 7) is 1.85. The summed E-state index contributed by atoms with van der Waals surface area (Å²) in [5.41, 5.74) is 2.45. The van der Waals surface area contributed by atoms with Crippen LogP contribution >= 0.6 is 0 Å². The Bertz CT molecular complexity index is 1630. The van der Waals surface area contributed by atoms with E-state index in [0.29, 0.717) is 51.7 Å². The first-order valence-electron chi connectivity index (χ1n) is 11.8. The number of benzene rings is 2. The van der Waals surface area contributed by atoms with Crippen molar-refractivity contribution in [2.75, 3.05) is 24.7 Å². The van der Waals surface area contributed by atoms with Crippen LogP contribution in [-0.4, -0.2) is 39.9 Å². The highest BCUT2D eigenvalue weighted by Crippen LogP contribution is 2.26. The first-order chi connectivity index (χ1) is 18.5. The van der Waals surface area contributed by atoms with Gasteiger partial charge in [-0.1, -0.05) is 36.4 Å². The molecule has 1 atom stereocenters. The summed E-state index contributed by atoms with van der Waals surface area (Å²) in [5.74, 6) is 1.12. The number of anilines is 2. The molecule has 4 aromatic rings. The summed E-state index contributed by atoms with van der Waals surface area (Å²) in [6.07, 6.45) is 6.83. The van der Waals surface area contributed by atoms with E-state index < -0.39 is 6.04 Å². The summed E-state index contributed by atoms with van der Waals surface area (Å²) >= 11 is 0. The van der Waals surface area contributed by atoms with Crippen LogP contribution in [0.2, 0.25) is 0 Å². The predicted octanol–water partition coefficient (Wildman–Crippen LogP) is 3.58. The fourth-order valence-corrected chi connectivity index (χ4v) is 4.06. The summed E-state index contributed by atoms with van der Waals surface area (Å²) < 4.78 is 1.56. The lowest BCUT2D eigenvalue weighted by molar-refractivity contribution is -0.104. The predicted molar refractivity (Wildman–Crippen MR) is 148 cm³/mol. The Kier molecular flexibility index (Phi) is 7.89. The molecule has 3 N–H and O–H groups in total. The maximum Gasteiger partial charge on any atom is 0.266 e. The van der Waals surface area contributed by atoms with E-state index in [4.69, 9.17) is 4.98 Å². The zero-order chi connectivity index (χ0) is 27.1. The van der Waals surface area contributed by atoms with Gasteiger partial charge in [0.25, 0.3) is 5.56 Å². The van der Waals surface area contributed by atoms with Crippen LogP contribution in [0.15, 0.2) is 77.8 Å². The Labute approximate surface area is 219 Å². The largest absolute Gasteiger partial charge is 0.388 e. The molecule has 4 rings (SSSR count). The third-order valence-electron chi connectivity index (χ3n) is 5.82. The zero-order valence-corrected chi connectivity index (χ0v) is 21.1. The van der Waals surface area contributed by atoms with Crippen molar-refractivity contribution in [1.82, 2.24) is 24.8 Å². The average Bonchev–Trinajstić information content (AvgIpc) is 2.95. The van der Waals surface area contributed by atoms with Crippen LogP contribution in [0.4, 0.5) is 11.8 Å². The van der Waals surface area contributed by atoms with Gasteiger partial charge in [-0.3, -0.25) is 14.2 Å². The number of aldehydes is 1. The molecule has 0 spiro atoms. The molecule has 190 valence electrons. The molecule has 0 fully saturated rings. The first-order valence-corrected chi connectivity index (χ1v) is 11.8. The highest BCUT2D eigenvalue weighted by atomic mass is 16.1. The number of nitriles is 1.